The van der Waals surface area contributed by atoms with E-state index in [0.29, 0.717) is 11.6 Å². The van der Waals surface area contributed by atoms with Gasteiger partial charge in [-0.3, -0.25) is 9.69 Å². The fourth-order valence-corrected chi connectivity index (χ4v) is 7.95. The molecule has 2 aliphatic heterocycles. The van der Waals surface area contributed by atoms with Crippen LogP contribution in [0.25, 0.3) is 0 Å². The first kappa shape index (κ1) is 19.1. The van der Waals surface area contributed by atoms with E-state index in [1.807, 2.05) is 13.2 Å². The number of carbonyl (C=O) groups excluding carboxylic acids is 1. The standard InChI is InChI=1S/C25H34N2O3/c1-4-24-10-9-18(29-3)22-25(24)11-12-27(14-15-5-6-15)19(24)13-16-7-8-17(23(28)26-2)21(30-22)20(16)25/h7-8,15,18-19,22H,4-6,9-14H2,1-3H3,(H,26,28). The topological polar surface area (TPSA) is 50.8 Å². The molecular formula is C25H34N2O3. The minimum absolute atomic E-state index is 0.0154. The van der Waals surface area contributed by atoms with Gasteiger partial charge in [-0.25, -0.2) is 0 Å². The Balaban J connectivity index is 1.57. The average Bonchev–Trinajstić information content (AvgIpc) is 3.52. The van der Waals surface area contributed by atoms with E-state index in [1.54, 1.807) is 7.05 Å². The molecule has 6 rings (SSSR count). The molecule has 1 spiro atoms. The zero-order valence-corrected chi connectivity index (χ0v) is 18.5. The molecule has 3 fully saturated rings. The number of likely N-dealkylation sites (tertiary alicyclic amines) is 1. The maximum absolute atomic E-state index is 12.7. The van der Waals surface area contributed by atoms with Crippen molar-refractivity contribution in [3.8, 4) is 5.75 Å². The van der Waals surface area contributed by atoms with Crippen molar-refractivity contribution >= 4 is 5.91 Å². The van der Waals surface area contributed by atoms with Crippen LogP contribution in [-0.2, 0) is 16.6 Å². The second-order valence-corrected chi connectivity index (χ2v) is 10.3. The molecule has 30 heavy (non-hydrogen) atoms. The Hall–Kier alpha value is -1.59. The number of nitrogens with one attached hydrogen (secondary N) is 1. The summed E-state index contributed by atoms with van der Waals surface area (Å²) in [5.41, 5.74) is 3.64. The molecule has 5 aliphatic rings. The third-order valence-corrected chi connectivity index (χ3v) is 9.40. The molecule has 5 atom stereocenters. The fourth-order valence-electron chi connectivity index (χ4n) is 7.95. The number of hydrogen-bond donors (Lipinski definition) is 1. The molecule has 1 aromatic rings. The van der Waals surface area contributed by atoms with Gasteiger partial charge >= 0.3 is 0 Å². The van der Waals surface area contributed by atoms with E-state index in [4.69, 9.17) is 9.47 Å². The van der Waals surface area contributed by atoms with E-state index < -0.39 is 0 Å². The molecule has 2 bridgehead atoms. The largest absolute Gasteiger partial charge is 0.486 e. The highest BCUT2D eigenvalue weighted by molar-refractivity contribution is 5.98. The van der Waals surface area contributed by atoms with Gasteiger partial charge in [0.15, 0.2) is 0 Å². The Morgan fingerprint density at radius 1 is 1.30 bits per heavy atom. The normalized spacial score (nSPS) is 38.7. The number of benzene rings is 1. The third-order valence-electron chi connectivity index (χ3n) is 9.40. The van der Waals surface area contributed by atoms with Crippen LogP contribution in [-0.4, -0.2) is 56.3 Å². The van der Waals surface area contributed by atoms with Gasteiger partial charge in [0.1, 0.15) is 11.9 Å². The lowest BCUT2D eigenvalue weighted by molar-refractivity contribution is -0.169. The first-order valence-corrected chi connectivity index (χ1v) is 11.9. The second-order valence-electron chi connectivity index (χ2n) is 10.3. The summed E-state index contributed by atoms with van der Waals surface area (Å²) in [5.74, 6) is 1.71. The van der Waals surface area contributed by atoms with E-state index in [1.165, 1.54) is 36.9 Å². The van der Waals surface area contributed by atoms with Gasteiger partial charge in [0.25, 0.3) is 5.91 Å². The van der Waals surface area contributed by atoms with Gasteiger partial charge in [-0.05, 0) is 74.5 Å². The molecule has 162 valence electrons. The van der Waals surface area contributed by atoms with Gasteiger partial charge < -0.3 is 14.8 Å². The summed E-state index contributed by atoms with van der Waals surface area (Å²) >= 11 is 0. The molecule has 1 saturated heterocycles. The minimum Gasteiger partial charge on any atom is -0.486 e. The second kappa shape index (κ2) is 6.46. The van der Waals surface area contributed by atoms with Crippen LogP contribution >= 0.6 is 0 Å². The maximum atomic E-state index is 12.7. The summed E-state index contributed by atoms with van der Waals surface area (Å²) in [6.45, 7) is 4.80. The van der Waals surface area contributed by atoms with Crippen LogP contribution in [0.4, 0.5) is 0 Å². The average molecular weight is 411 g/mol. The number of ether oxygens (including phenoxy) is 2. The third kappa shape index (κ3) is 2.18. The van der Waals surface area contributed by atoms with Gasteiger partial charge in [-0.1, -0.05) is 13.0 Å². The molecule has 3 aliphatic carbocycles. The van der Waals surface area contributed by atoms with Crippen molar-refractivity contribution in [2.24, 2.45) is 11.3 Å². The van der Waals surface area contributed by atoms with Crippen molar-refractivity contribution in [2.45, 2.75) is 75.5 Å². The SMILES string of the molecule is CCC12CCC(OC)C3Oc4c(C(=O)NC)ccc5c4C31CCN(CC1CC1)C2C5. The van der Waals surface area contributed by atoms with Crippen LogP contribution in [0.3, 0.4) is 0 Å². The van der Waals surface area contributed by atoms with Gasteiger partial charge in [-0.2, -0.15) is 0 Å². The predicted octanol–water partition coefficient (Wildman–Crippen LogP) is 3.29. The van der Waals surface area contributed by atoms with Crippen LogP contribution in [0.15, 0.2) is 12.1 Å². The molecular weight excluding hydrogens is 376 g/mol. The van der Waals surface area contributed by atoms with Crippen molar-refractivity contribution in [3.63, 3.8) is 0 Å². The summed E-state index contributed by atoms with van der Waals surface area (Å²) in [5, 5.41) is 2.82. The van der Waals surface area contributed by atoms with Gasteiger partial charge in [0.05, 0.1) is 11.7 Å². The highest BCUT2D eigenvalue weighted by Crippen LogP contribution is 2.69. The monoisotopic (exact) mass is 410 g/mol. The highest BCUT2D eigenvalue weighted by Gasteiger charge is 2.72. The number of piperidine rings is 1. The number of hydrogen-bond acceptors (Lipinski definition) is 4. The van der Waals surface area contributed by atoms with E-state index in [2.05, 4.69) is 23.2 Å². The smallest absolute Gasteiger partial charge is 0.254 e. The van der Waals surface area contributed by atoms with Crippen LogP contribution in [0.1, 0.15) is 66.9 Å². The number of nitrogens with zero attached hydrogens (tertiary/aromatic N) is 1. The molecule has 5 unspecified atom stereocenters. The molecule has 5 heteroatoms. The minimum atomic E-state index is -0.0489. The lowest BCUT2D eigenvalue weighted by Crippen LogP contribution is -2.73. The molecule has 1 aromatic carbocycles. The Morgan fingerprint density at radius 2 is 2.13 bits per heavy atom. The van der Waals surface area contributed by atoms with Gasteiger partial charge in [0, 0.05) is 37.7 Å². The number of carbonyl (C=O) groups is 1. The molecule has 2 saturated carbocycles. The summed E-state index contributed by atoms with van der Waals surface area (Å²) in [7, 11) is 3.53. The van der Waals surface area contributed by atoms with Gasteiger partial charge in [-0.15, -0.1) is 0 Å². The fraction of sp³-hybridized carbons (Fsp3) is 0.720. The Kier molecular flexibility index (Phi) is 4.12. The Bertz CT molecular complexity index is 897. The zero-order chi connectivity index (χ0) is 20.7. The summed E-state index contributed by atoms with van der Waals surface area (Å²) in [6.07, 6.45) is 8.52. The lowest BCUT2D eigenvalue weighted by atomic mass is 9.42. The summed E-state index contributed by atoms with van der Waals surface area (Å²) < 4.78 is 12.8. The van der Waals surface area contributed by atoms with Crippen molar-refractivity contribution in [1.82, 2.24) is 10.2 Å². The Labute approximate surface area is 179 Å². The number of amides is 1. The quantitative estimate of drug-likeness (QED) is 0.809. The molecule has 5 nitrogen and oxygen atoms in total. The molecule has 1 N–H and O–H groups in total. The van der Waals surface area contributed by atoms with Crippen LogP contribution < -0.4 is 10.1 Å². The van der Waals surface area contributed by atoms with Crippen molar-refractivity contribution in [1.29, 1.82) is 0 Å². The maximum Gasteiger partial charge on any atom is 0.254 e. The molecule has 1 amide bonds. The molecule has 2 heterocycles. The van der Waals surface area contributed by atoms with E-state index in [9.17, 15) is 4.79 Å². The molecule has 0 radical (unpaired) electrons. The van der Waals surface area contributed by atoms with E-state index in [0.717, 1.165) is 43.9 Å². The predicted molar refractivity (Wildman–Crippen MR) is 115 cm³/mol. The zero-order valence-electron chi connectivity index (χ0n) is 18.5. The van der Waals surface area contributed by atoms with Crippen LogP contribution in [0, 0.1) is 11.3 Å². The van der Waals surface area contributed by atoms with Crippen LogP contribution in [0.5, 0.6) is 5.75 Å². The van der Waals surface area contributed by atoms with E-state index in [-0.39, 0.29) is 28.9 Å². The lowest BCUT2D eigenvalue weighted by Gasteiger charge is -2.66. The van der Waals surface area contributed by atoms with Crippen molar-refractivity contribution in [2.75, 3.05) is 27.2 Å². The number of methoxy groups -OCH3 is 1. The first-order chi connectivity index (χ1) is 14.6. The van der Waals surface area contributed by atoms with Crippen LogP contribution in [0.2, 0.25) is 0 Å². The Morgan fingerprint density at radius 3 is 2.83 bits per heavy atom. The van der Waals surface area contributed by atoms with Crippen molar-refractivity contribution in [3.05, 3.63) is 28.8 Å². The van der Waals surface area contributed by atoms with E-state index >= 15 is 0 Å². The first-order valence-electron chi connectivity index (χ1n) is 11.9. The summed E-state index contributed by atoms with van der Waals surface area (Å²) in [6, 6.07) is 4.79. The van der Waals surface area contributed by atoms with Crippen molar-refractivity contribution < 1.29 is 14.3 Å². The van der Waals surface area contributed by atoms with Gasteiger partial charge in [0.2, 0.25) is 0 Å². The summed E-state index contributed by atoms with van der Waals surface area (Å²) in [4.78, 5) is 15.5. The highest BCUT2D eigenvalue weighted by atomic mass is 16.5. The molecule has 0 aromatic heterocycles. The number of rotatable bonds is 5.